The van der Waals surface area contributed by atoms with Crippen LogP contribution in [0.3, 0.4) is 0 Å². The van der Waals surface area contributed by atoms with E-state index in [4.69, 9.17) is 5.11 Å². The van der Waals surface area contributed by atoms with Crippen LogP contribution >= 0.6 is 0 Å². The highest BCUT2D eigenvalue weighted by Gasteiger charge is 2.41. The third kappa shape index (κ3) is 2.74. The summed E-state index contributed by atoms with van der Waals surface area (Å²) in [6.07, 6.45) is 7.71. The fourth-order valence-corrected chi connectivity index (χ4v) is 2.72. The molecule has 0 aromatic heterocycles. The number of carbonyl (C=O) groups is 2. The zero-order valence-corrected chi connectivity index (χ0v) is 10.9. The average Bonchev–Trinajstić information content (AvgIpc) is 2.75. The third-order valence-electron chi connectivity index (χ3n) is 4.11. The summed E-state index contributed by atoms with van der Waals surface area (Å²) in [7, 11) is 0. The summed E-state index contributed by atoms with van der Waals surface area (Å²) in [4.78, 5) is 25.0. The Kier molecular flexibility index (Phi) is 3.73. The molecule has 4 heteroatoms. The molecule has 100 valence electrons. The lowest BCUT2D eigenvalue weighted by Gasteiger charge is -2.21. The van der Waals surface area contributed by atoms with Crippen molar-refractivity contribution in [2.24, 2.45) is 5.41 Å². The summed E-state index contributed by atoms with van der Waals surface area (Å²) >= 11 is 0. The molecule has 0 bridgehead atoms. The molecular formula is C14H21NO3. The van der Waals surface area contributed by atoms with Crippen molar-refractivity contribution >= 4 is 11.9 Å². The Morgan fingerprint density at radius 3 is 2.78 bits per heavy atom. The summed E-state index contributed by atoms with van der Waals surface area (Å²) in [5, 5.41) is 9.14. The molecule has 0 aromatic carbocycles. The molecule has 1 heterocycles. The number of hydrogen-bond donors (Lipinski definition) is 1. The van der Waals surface area contributed by atoms with Gasteiger partial charge in [0.25, 0.3) is 0 Å². The number of likely N-dealkylation sites (tertiary alicyclic amines) is 1. The van der Waals surface area contributed by atoms with Gasteiger partial charge in [-0.25, -0.2) is 0 Å². The molecule has 0 spiro atoms. The van der Waals surface area contributed by atoms with Crippen LogP contribution in [0.25, 0.3) is 0 Å². The monoisotopic (exact) mass is 251 g/mol. The highest BCUT2D eigenvalue weighted by molar-refractivity contribution is 5.81. The predicted molar refractivity (Wildman–Crippen MR) is 68.1 cm³/mol. The lowest BCUT2D eigenvalue weighted by atomic mass is 9.90. The zero-order chi connectivity index (χ0) is 13.2. The van der Waals surface area contributed by atoms with E-state index in [1.165, 1.54) is 18.4 Å². The highest BCUT2D eigenvalue weighted by atomic mass is 16.4. The van der Waals surface area contributed by atoms with Crippen molar-refractivity contribution in [2.75, 3.05) is 13.1 Å². The topological polar surface area (TPSA) is 57.6 Å². The van der Waals surface area contributed by atoms with E-state index in [0.717, 1.165) is 12.8 Å². The fourth-order valence-electron chi connectivity index (χ4n) is 2.72. The van der Waals surface area contributed by atoms with Crippen LogP contribution in [0.4, 0.5) is 0 Å². The lowest BCUT2D eigenvalue weighted by Crippen LogP contribution is -2.35. The molecule has 1 amide bonds. The van der Waals surface area contributed by atoms with Gasteiger partial charge in [0.15, 0.2) is 0 Å². The first-order chi connectivity index (χ1) is 8.51. The van der Waals surface area contributed by atoms with E-state index in [1.807, 2.05) is 0 Å². The molecule has 1 atom stereocenters. The number of carboxylic acid groups (broad SMARTS) is 1. The minimum atomic E-state index is -0.797. The van der Waals surface area contributed by atoms with Gasteiger partial charge in [-0.2, -0.15) is 0 Å². The molecule has 2 rings (SSSR count). The molecule has 1 aliphatic carbocycles. The van der Waals surface area contributed by atoms with E-state index in [2.05, 4.69) is 6.08 Å². The van der Waals surface area contributed by atoms with Crippen molar-refractivity contribution in [1.82, 2.24) is 4.90 Å². The van der Waals surface area contributed by atoms with Gasteiger partial charge in [0, 0.05) is 19.5 Å². The molecule has 1 aliphatic heterocycles. The van der Waals surface area contributed by atoms with Gasteiger partial charge in [-0.05, 0) is 39.0 Å². The maximum Gasteiger partial charge on any atom is 0.311 e. The van der Waals surface area contributed by atoms with Crippen LogP contribution in [0.2, 0.25) is 0 Å². The zero-order valence-electron chi connectivity index (χ0n) is 10.9. The van der Waals surface area contributed by atoms with E-state index < -0.39 is 11.4 Å². The van der Waals surface area contributed by atoms with Gasteiger partial charge in [-0.1, -0.05) is 11.6 Å². The van der Waals surface area contributed by atoms with Crippen LogP contribution in [0.5, 0.6) is 0 Å². The van der Waals surface area contributed by atoms with Crippen molar-refractivity contribution in [3.8, 4) is 0 Å². The van der Waals surface area contributed by atoms with Crippen LogP contribution in [-0.2, 0) is 9.59 Å². The van der Waals surface area contributed by atoms with E-state index in [1.54, 1.807) is 11.8 Å². The average molecular weight is 251 g/mol. The number of amides is 1. The number of carboxylic acids is 1. The number of rotatable bonds is 3. The molecule has 1 N–H and O–H groups in total. The number of carbonyl (C=O) groups excluding carboxylic acids is 1. The van der Waals surface area contributed by atoms with E-state index >= 15 is 0 Å². The molecule has 18 heavy (non-hydrogen) atoms. The fraction of sp³-hybridized carbons (Fsp3) is 0.714. The highest BCUT2D eigenvalue weighted by Crippen LogP contribution is 2.31. The first kappa shape index (κ1) is 13.1. The molecular weight excluding hydrogens is 230 g/mol. The summed E-state index contributed by atoms with van der Waals surface area (Å²) in [6.45, 7) is 2.66. The number of nitrogens with zero attached hydrogens (tertiary/aromatic N) is 1. The molecule has 0 saturated carbocycles. The summed E-state index contributed by atoms with van der Waals surface area (Å²) in [5.74, 6) is -0.706. The van der Waals surface area contributed by atoms with Crippen LogP contribution in [0.1, 0.15) is 45.4 Å². The van der Waals surface area contributed by atoms with Crippen LogP contribution in [-0.4, -0.2) is 35.0 Å². The Labute approximate surface area is 108 Å². The quantitative estimate of drug-likeness (QED) is 0.782. The summed E-state index contributed by atoms with van der Waals surface area (Å²) in [5.41, 5.74) is 0.478. The Balaban J connectivity index is 1.91. The van der Waals surface area contributed by atoms with Crippen LogP contribution in [0.15, 0.2) is 11.6 Å². The van der Waals surface area contributed by atoms with Crippen LogP contribution < -0.4 is 0 Å². The van der Waals surface area contributed by atoms with Gasteiger partial charge in [0.2, 0.25) is 5.91 Å². The lowest BCUT2D eigenvalue weighted by molar-refractivity contribution is -0.147. The van der Waals surface area contributed by atoms with Gasteiger partial charge in [0.1, 0.15) is 0 Å². The van der Waals surface area contributed by atoms with Crippen molar-refractivity contribution in [3.63, 3.8) is 0 Å². The smallest absolute Gasteiger partial charge is 0.311 e. The van der Waals surface area contributed by atoms with E-state index in [9.17, 15) is 9.59 Å². The first-order valence-corrected chi connectivity index (χ1v) is 6.70. The maximum absolute atomic E-state index is 12.1. The first-order valence-electron chi connectivity index (χ1n) is 6.70. The second-order valence-corrected chi connectivity index (χ2v) is 5.72. The third-order valence-corrected chi connectivity index (χ3v) is 4.11. The van der Waals surface area contributed by atoms with Crippen molar-refractivity contribution in [1.29, 1.82) is 0 Å². The van der Waals surface area contributed by atoms with Gasteiger partial charge in [-0.3, -0.25) is 9.59 Å². The minimum absolute atomic E-state index is 0.0909. The van der Waals surface area contributed by atoms with Gasteiger partial charge in [0.05, 0.1) is 5.41 Å². The Hall–Kier alpha value is -1.32. The summed E-state index contributed by atoms with van der Waals surface area (Å²) < 4.78 is 0. The molecule has 0 aromatic rings. The molecule has 4 nitrogen and oxygen atoms in total. The van der Waals surface area contributed by atoms with Gasteiger partial charge < -0.3 is 10.0 Å². The van der Waals surface area contributed by atoms with Crippen LogP contribution in [0, 0.1) is 5.41 Å². The molecule has 1 fully saturated rings. The van der Waals surface area contributed by atoms with Crippen molar-refractivity contribution < 1.29 is 14.7 Å². The summed E-state index contributed by atoms with van der Waals surface area (Å²) in [6, 6.07) is 0. The predicted octanol–water partition coefficient (Wildman–Crippen LogP) is 2.20. The molecule has 0 radical (unpaired) electrons. The Morgan fingerprint density at radius 2 is 2.22 bits per heavy atom. The van der Waals surface area contributed by atoms with Crippen molar-refractivity contribution in [2.45, 2.75) is 45.4 Å². The van der Waals surface area contributed by atoms with Crippen molar-refractivity contribution in [3.05, 3.63) is 11.6 Å². The minimum Gasteiger partial charge on any atom is -0.481 e. The van der Waals surface area contributed by atoms with E-state index in [-0.39, 0.29) is 5.91 Å². The second kappa shape index (κ2) is 5.12. The molecule has 0 unspecified atom stereocenters. The Morgan fingerprint density at radius 1 is 1.44 bits per heavy atom. The number of allylic oxidation sites excluding steroid dienone is 1. The van der Waals surface area contributed by atoms with Gasteiger partial charge >= 0.3 is 5.97 Å². The SMILES string of the molecule is C[C@]1(C(=O)O)CCN(C(=O)CC2=CCCCC2)C1. The standard InChI is InChI=1S/C14H21NO3/c1-14(13(17)18)7-8-15(10-14)12(16)9-11-5-3-2-4-6-11/h5H,2-4,6-10H2,1H3,(H,17,18)/t14-/m0/s1. The number of aliphatic carboxylic acids is 1. The molecule has 2 aliphatic rings. The second-order valence-electron chi connectivity index (χ2n) is 5.72. The van der Waals surface area contributed by atoms with E-state index in [0.29, 0.717) is 25.9 Å². The molecule has 1 saturated heterocycles. The maximum atomic E-state index is 12.1. The van der Waals surface area contributed by atoms with Gasteiger partial charge in [-0.15, -0.1) is 0 Å². The largest absolute Gasteiger partial charge is 0.481 e. The Bertz CT molecular complexity index is 389. The number of hydrogen-bond acceptors (Lipinski definition) is 2. The normalized spacial score (nSPS) is 28.1.